The molecule has 0 atom stereocenters. The van der Waals surface area contributed by atoms with E-state index in [-0.39, 0.29) is 18.1 Å². The van der Waals surface area contributed by atoms with Crippen molar-refractivity contribution in [2.75, 3.05) is 19.7 Å². The Hall–Kier alpha value is -3.62. The Kier molecular flexibility index (Phi) is 7.30. The fourth-order valence-corrected chi connectivity index (χ4v) is 3.96. The lowest BCUT2D eigenvalue weighted by Gasteiger charge is -2.20. The number of hydrogen-bond acceptors (Lipinski definition) is 5. The van der Waals surface area contributed by atoms with Gasteiger partial charge in [0.05, 0.1) is 12.3 Å². The van der Waals surface area contributed by atoms with Gasteiger partial charge in [-0.15, -0.1) is 5.10 Å². The van der Waals surface area contributed by atoms with Crippen LogP contribution in [0.1, 0.15) is 46.5 Å². The van der Waals surface area contributed by atoms with Crippen LogP contribution in [0.25, 0.3) is 22.4 Å². The second-order valence-corrected chi connectivity index (χ2v) is 8.40. The number of nitrogens with zero attached hydrogens (tertiary/aromatic N) is 6. The molecule has 0 aliphatic rings. The third-order valence-corrected chi connectivity index (χ3v) is 5.73. The minimum absolute atomic E-state index is 0.0762. The molecule has 0 saturated heterocycles. The summed E-state index contributed by atoms with van der Waals surface area (Å²) in [5.41, 5.74) is 2.54. The van der Waals surface area contributed by atoms with Gasteiger partial charge in [-0.05, 0) is 49.6 Å². The molecule has 9 heteroatoms. The van der Waals surface area contributed by atoms with Gasteiger partial charge in [0.25, 0.3) is 0 Å². The van der Waals surface area contributed by atoms with Crippen molar-refractivity contribution >= 4 is 17.1 Å². The van der Waals surface area contributed by atoms with Gasteiger partial charge < -0.3 is 9.64 Å². The van der Waals surface area contributed by atoms with Gasteiger partial charge in [0.15, 0.2) is 5.65 Å². The molecule has 1 amide bonds. The quantitative estimate of drug-likeness (QED) is 0.316. The standard InChI is InChI=1S/C25H32N6O3/c1-4-7-16-34-20-10-8-19(9-11-20)21-17-22-24-27-31(18-23(32)28(12-5-2)13-6-3)25(33)29(24)14-15-30(22)26-21/h8-11,14-15,17H,4-7,12-13,16,18H2,1-3H3. The maximum atomic E-state index is 12.9. The van der Waals surface area contributed by atoms with E-state index in [1.54, 1.807) is 21.8 Å². The van der Waals surface area contributed by atoms with Gasteiger partial charge in [-0.3, -0.25) is 4.79 Å². The summed E-state index contributed by atoms with van der Waals surface area (Å²) in [5, 5.41) is 9.14. The molecule has 0 fully saturated rings. The summed E-state index contributed by atoms with van der Waals surface area (Å²) in [4.78, 5) is 27.5. The highest BCUT2D eigenvalue weighted by Crippen LogP contribution is 2.24. The minimum Gasteiger partial charge on any atom is -0.494 e. The molecule has 180 valence electrons. The van der Waals surface area contributed by atoms with E-state index < -0.39 is 0 Å². The predicted octanol–water partition coefficient (Wildman–Crippen LogP) is 3.64. The second-order valence-electron chi connectivity index (χ2n) is 8.40. The Balaban J connectivity index is 1.62. The molecule has 0 N–H and O–H groups in total. The van der Waals surface area contributed by atoms with Crippen LogP contribution in [0.15, 0.2) is 47.5 Å². The molecule has 0 unspecified atom stereocenters. The summed E-state index contributed by atoms with van der Waals surface area (Å²) < 4.78 is 10.1. The number of aromatic nitrogens is 5. The second kappa shape index (κ2) is 10.5. The number of amides is 1. The van der Waals surface area contributed by atoms with Crippen LogP contribution < -0.4 is 10.4 Å². The van der Waals surface area contributed by atoms with Crippen LogP contribution in [-0.4, -0.2) is 54.3 Å². The molecule has 1 aromatic carbocycles. The zero-order chi connectivity index (χ0) is 24.1. The summed E-state index contributed by atoms with van der Waals surface area (Å²) in [6, 6.07) is 9.72. The molecule has 0 aliphatic heterocycles. The van der Waals surface area contributed by atoms with Crippen molar-refractivity contribution < 1.29 is 9.53 Å². The van der Waals surface area contributed by atoms with E-state index in [1.165, 1.54) is 9.08 Å². The van der Waals surface area contributed by atoms with Gasteiger partial charge >= 0.3 is 5.69 Å². The van der Waals surface area contributed by atoms with Gasteiger partial charge in [-0.25, -0.2) is 18.4 Å². The average molecular weight is 465 g/mol. The monoisotopic (exact) mass is 464 g/mol. The molecule has 0 aliphatic carbocycles. The lowest BCUT2D eigenvalue weighted by atomic mass is 10.1. The van der Waals surface area contributed by atoms with Gasteiger partial charge in [-0.2, -0.15) is 5.10 Å². The Morgan fingerprint density at radius 1 is 1.00 bits per heavy atom. The van der Waals surface area contributed by atoms with Crippen LogP contribution >= 0.6 is 0 Å². The number of rotatable bonds is 11. The zero-order valence-electron chi connectivity index (χ0n) is 20.1. The van der Waals surface area contributed by atoms with Crippen molar-refractivity contribution in [2.45, 2.75) is 53.0 Å². The third-order valence-electron chi connectivity index (χ3n) is 5.73. The van der Waals surface area contributed by atoms with Crippen molar-refractivity contribution in [3.63, 3.8) is 0 Å². The normalized spacial score (nSPS) is 11.4. The molecule has 0 saturated carbocycles. The largest absolute Gasteiger partial charge is 0.494 e. The van der Waals surface area contributed by atoms with Crippen LogP contribution in [0.5, 0.6) is 5.75 Å². The van der Waals surface area contributed by atoms with E-state index in [1.807, 2.05) is 44.2 Å². The van der Waals surface area contributed by atoms with Crippen LogP contribution in [0.4, 0.5) is 0 Å². The molecule has 4 aromatic rings. The first-order valence-electron chi connectivity index (χ1n) is 12.0. The number of unbranched alkanes of at least 4 members (excludes halogenated alkanes) is 1. The van der Waals surface area contributed by atoms with Gasteiger partial charge in [-0.1, -0.05) is 27.2 Å². The Morgan fingerprint density at radius 3 is 2.41 bits per heavy atom. The SMILES string of the molecule is CCCCOc1ccc(-c2cc3c4nn(CC(=O)N(CCC)CCC)c(=O)n4ccn3n2)cc1. The number of carbonyl (C=O) groups excluding carboxylic acids is 1. The van der Waals surface area contributed by atoms with Crippen molar-refractivity contribution in [2.24, 2.45) is 0 Å². The van der Waals surface area contributed by atoms with Crippen molar-refractivity contribution in [1.29, 1.82) is 0 Å². The molecule has 3 aromatic heterocycles. The fraction of sp³-hybridized carbons (Fsp3) is 0.440. The van der Waals surface area contributed by atoms with E-state index in [0.717, 1.165) is 42.7 Å². The molecule has 0 spiro atoms. The van der Waals surface area contributed by atoms with Crippen LogP contribution in [0, 0.1) is 0 Å². The molecule has 34 heavy (non-hydrogen) atoms. The van der Waals surface area contributed by atoms with Gasteiger partial charge in [0, 0.05) is 31.0 Å². The first-order valence-corrected chi connectivity index (χ1v) is 12.0. The highest BCUT2D eigenvalue weighted by Gasteiger charge is 2.18. The smallest absolute Gasteiger partial charge is 0.350 e. The summed E-state index contributed by atoms with van der Waals surface area (Å²) >= 11 is 0. The number of carbonyl (C=O) groups is 1. The lowest BCUT2D eigenvalue weighted by Crippen LogP contribution is -2.37. The van der Waals surface area contributed by atoms with Gasteiger partial charge in [0.1, 0.15) is 17.8 Å². The first-order chi connectivity index (χ1) is 16.5. The van der Waals surface area contributed by atoms with Crippen molar-refractivity contribution in [3.8, 4) is 17.0 Å². The highest BCUT2D eigenvalue weighted by atomic mass is 16.5. The Bertz CT molecular complexity index is 1310. The highest BCUT2D eigenvalue weighted by molar-refractivity contribution is 5.78. The number of ether oxygens (including phenoxy) is 1. The van der Waals surface area contributed by atoms with E-state index in [9.17, 15) is 9.59 Å². The Labute approximate surface area is 198 Å². The maximum absolute atomic E-state index is 12.9. The molecule has 0 bridgehead atoms. The summed E-state index contributed by atoms with van der Waals surface area (Å²) in [6.45, 7) is 8.18. The summed E-state index contributed by atoms with van der Waals surface area (Å²) in [5.74, 6) is 0.735. The topological polar surface area (TPSA) is 86.1 Å². The third kappa shape index (κ3) is 4.83. The minimum atomic E-state index is -0.338. The fourth-order valence-electron chi connectivity index (χ4n) is 3.96. The Morgan fingerprint density at radius 2 is 1.74 bits per heavy atom. The molecule has 3 heterocycles. The first kappa shape index (κ1) is 23.5. The van der Waals surface area contributed by atoms with Crippen LogP contribution in [-0.2, 0) is 11.3 Å². The van der Waals surface area contributed by atoms with E-state index >= 15 is 0 Å². The number of hydrogen-bond donors (Lipinski definition) is 0. The van der Waals surface area contributed by atoms with Crippen LogP contribution in [0.2, 0.25) is 0 Å². The number of benzene rings is 1. The van der Waals surface area contributed by atoms with E-state index in [2.05, 4.69) is 17.1 Å². The predicted molar refractivity (Wildman–Crippen MR) is 131 cm³/mol. The molecule has 9 nitrogen and oxygen atoms in total. The molecule has 4 rings (SSSR count). The van der Waals surface area contributed by atoms with Crippen molar-refractivity contribution in [3.05, 3.63) is 53.2 Å². The lowest BCUT2D eigenvalue weighted by molar-refractivity contribution is -0.132. The van der Waals surface area contributed by atoms with Crippen LogP contribution in [0.3, 0.4) is 0 Å². The van der Waals surface area contributed by atoms with E-state index in [0.29, 0.717) is 30.9 Å². The maximum Gasteiger partial charge on any atom is 0.350 e. The zero-order valence-corrected chi connectivity index (χ0v) is 20.1. The molecular formula is C25H32N6O3. The molecular weight excluding hydrogens is 432 g/mol. The number of fused-ring (bicyclic) bond motifs is 3. The summed E-state index contributed by atoms with van der Waals surface area (Å²) in [7, 11) is 0. The van der Waals surface area contributed by atoms with E-state index in [4.69, 9.17) is 4.74 Å². The average Bonchev–Trinajstić information content (AvgIpc) is 3.41. The summed E-state index contributed by atoms with van der Waals surface area (Å²) in [6.07, 6.45) is 7.22. The van der Waals surface area contributed by atoms with Crippen molar-refractivity contribution in [1.82, 2.24) is 28.7 Å². The van der Waals surface area contributed by atoms with Gasteiger partial charge in [0.2, 0.25) is 5.91 Å². The molecule has 0 radical (unpaired) electrons.